The Hall–Kier alpha value is -2.02. The Kier molecular flexibility index (Phi) is 4.18. The standard InChI is InChI=1S/C17H21N5OS/c1-11-2-5-15(21-20-11)19-13-6-8-22(9-7-13)17(23)14-10-18-16(24-14)12-3-4-12/h2,5,10,12-13H,3-4,6-9H2,1H3,(H,19,21). The Morgan fingerprint density at radius 1 is 1.21 bits per heavy atom. The summed E-state index contributed by atoms with van der Waals surface area (Å²) in [5.41, 5.74) is 0.913. The molecule has 1 amide bonds. The van der Waals surface area contributed by atoms with Crippen LogP contribution in [0.5, 0.6) is 0 Å². The van der Waals surface area contributed by atoms with Crippen molar-refractivity contribution in [1.82, 2.24) is 20.1 Å². The molecule has 2 aromatic rings. The van der Waals surface area contributed by atoms with Crippen molar-refractivity contribution in [2.45, 2.75) is 44.6 Å². The fourth-order valence-corrected chi connectivity index (χ4v) is 4.03. The first-order valence-electron chi connectivity index (χ1n) is 8.51. The van der Waals surface area contributed by atoms with E-state index in [-0.39, 0.29) is 5.91 Å². The van der Waals surface area contributed by atoms with Crippen molar-refractivity contribution >= 4 is 23.1 Å². The zero-order chi connectivity index (χ0) is 16.5. The first-order valence-corrected chi connectivity index (χ1v) is 9.32. The number of amides is 1. The summed E-state index contributed by atoms with van der Waals surface area (Å²) in [6.07, 6.45) is 6.05. The zero-order valence-electron chi connectivity index (χ0n) is 13.7. The minimum atomic E-state index is 0.132. The number of rotatable bonds is 4. The van der Waals surface area contributed by atoms with Crippen LogP contribution in [0, 0.1) is 6.92 Å². The predicted octanol–water partition coefficient (Wildman–Crippen LogP) is 2.84. The molecule has 2 aromatic heterocycles. The van der Waals surface area contributed by atoms with Crippen LogP contribution in [0.4, 0.5) is 5.82 Å². The third kappa shape index (κ3) is 3.40. The Morgan fingerprint density at radius 2 is 2.00 bits per heavy atom. The van der Waals surface area contributed by atoms with E-state index in [4.69, 9.17) is 0 Å². The van der Waals surface area contributed by atoms with Gasteiger partial charge in [0.2, 0.25) is 0 Å². The van der Waals surface area contributed by atoms with Crippen molar-refractivity contribution < 1.29 is 4.79 Å². The van der Waals surface area contributed by atoms with E-state index in [0.717, 1.165) is 47.3 Å². The van der Waals surface area contributed by atoms with E-state index in [1.54, 1.807) is 17.5 Å². The molecule has 0 spiro atoms. The van der Waals surface area contributed by atoms with Gasteiger partial charge in [0, 0.05) is 25.0 Å². The molecule has 0 atom stereocenters. The summed E-state index contributed by atoms with van der Waals surface area (Å²) in [6.45, 7) is 3.47. The molecule has 0 aromatic carbocycles. The lowest BCUT2D eigenvalue weighted by Gasteiger charge is -2.32. The molecule has 2 fully saturated rings. The minimum Gasteiger partial charge on any atom is -0.366 e. The maximum atomic E-state index is 12.6. The normalized spacial score (nSPS) is 18.6. The number of piperidine rings is 1. The molecule has 126 valence electrons. The first kappa shape index (κ1) is 15.5. The van der Waals surface area contributed by atoms with Crippen LogP contribution in [0.25, 0.3) is 0 Å². The summed E-state index contributed by atoms with van der Waals surface area (Å²) in [5, 5.41) is 12.8. The molecule has 3 heterocycles. The van der Waals surface area contributed by atoms with Crippen molar-refractivity contribution in [3.8, 4) is 0 Å². The smallest absolute Gasteiger partial charge is 0.265 e. The Bertz CT molecular complexity index is 717. The van der Waals surface area contributed by atoms with E-state index in [1.165, 1.54) is 12.8 Å². The second kappa shape index (κ2) is 6.47. The third-order valence-electron chi connectivity index (χ3n) is 4.59. The molecule has 0 bridgehead atoms. The van der Waals surface area contributed by atoms with E-state index >= 15 is 0 Å². The number of thiazole rings is 1. The quantitative estimate of drug-likeness (QED) is 0.924. The SMILES string of the molecule is Cc1ccc(NC2CCN(C(=O)c3cnc(C4CC4)s3)CC2)nn1. The molecular weight excluding hydrogens is 322 g/mol. The highest BCUT2D eigenvalue weighted by Gasteiger charge is 2.29. The molecule has 0 radical (unpaired) electrons. The van der Waals surface area contributed by atoms with E-state index in [0.29, 0.717) is 12.0 Å². The van der Waals surface area contributed by atoms with Gasteiger partial charge in [-0.1, -0.05) is 0 Å². The van der Waals surface area contributed by atoms with Gasteiger partial charge in [-0.3, -0.25) is 4.79 Å². The highest BCUT2D eigenvalue weighted by Crippen LogP contribution is 2.41. The van der Waals surface area contributed by atoms with Gasteiger partial charge >= 0.3 is 0 Å². The number of carbonyl (C=O) groups excluding carboxylic acids is 1. The molecule has 1 N–H and O–H groups in total. The monoisotopic (exact) mass is 343 g/mol. The average molecular weight is 343 g/mol. The molecule has 1 saturated heterocycles. The molecular formula is C17H21N5OS. The third-order valence-corrected chi connectivity index (χ3v) is 5.74. The fraction of sp³-hybridized carbons (Fsp3) is 0.529. The molecule has 4 rings (SSSR count). The minimum absolute atomic E-state index is 0.132. The summed E-state index contributed by atoms with van der Waals surface area (Å²) < 4.78 is 0. The van der Waals surface area contributed by atoms with Crippen LogP contribution < -0.4 is 5.32 Å². The second-order valence-corrected chi connectivity index (χ2v) is 7.67. The molecule has 7 heteroatoms. The van der Waals surface area contributed by atoms with Crippen LogP contribution in [0.15, 0.2) is 18.3 Å². The lowest BCUT2D eigenvalue weighted by atomic mass is 10.0. The lowest BCUT2D eigenvalue weighted by molar-refractivity contribution is 0.0723. The van der Waals surface area contributed by atoms with Crippen LogP contribution in [0.3, 0.4) is 0 Å². The summed E-state index contributed by atoms with van der Waals surface area (Å²) in [6, 6.07) is 4.25. The molecule has 0 unspecified atom stereocenters. The van der Waals surface area contributed by atoms with Gasteiger partial charge in [-0.15, -0.1) is 16.4 Å². The van der Waals surface area contributed by atoms with Gasteiger partial charge in [-0.05, 0) is 44.7 Å². The second-order valence-electron chi connectivity index (χ2n) is 6.61. The van der Waals surface area contributed by atoms with Gasteiger partial charge in [0.25, 0.3) is 5.91 Å². The number of hydrogen-bond donors (Lipinski definition) is 1. The summed E-state index contributed by atoms with van der Waals surface area (Å²) >= 11 is 1.57. The largest absolute Gasteiger partial charge is 0.366 e. The van der Waals surface area contributed by atoms with Gasteiger partial charge in [-0.2, -0.15) is 5.10 Å². The first-order chi connectivity index (χ1) is 11.7. The Balaban J connectivity index is 1.31. The number of aryl methyl sites for hydroxylation is 1. The Morgan fingerprint density at radius 3 is 2.67 bits per heavy atom. The molecule has 1 saturated carbocycles. The van der Waals surface area contributed by atoms with Gasteiger partial charge in [0.15, 0.2) is 0 Å². The van der Waals surface area contributed by atoms with E-state index in [9.17, 15) is 4.79 Å². The maximum Gasteiger partial charge on any atom is 0.265 e. The van der Waals surface area contributed by atoms with Crippen LogP contribution in [-0.2, 0) is 0 Å². The van der Waals surface area contributed by atoms with Crippen LogP contribution in [-0.4, -0.2) is 45.1 Å². The molecule has 1 aliphatic carbocycles. The summed E-state index contributed by atoms with van der Waals surface area (Å²) in [7, 11) is 0. The molecule has 1 aliphatic heterocycles. The number of aromatic nitrogens is 3. The number of hydrogen-bond acceptors (Lipinski definition) is 6. The van der Waals surface area contributed by atoms with Crippen molar-refractivity contribution in [2.24, 2.45) is 0 Å². The molecule has 6 nitrogen and oxygen atoms in total. The molecule has 24 heavy (non-hydrogen) atoms. The lowest BCUT2D eigenvalue weighted by Crippen LogP contribution is -2.42. The van der Waals surface area contributed by atoms with Gasteiger partial charge in [-0.25, -0.2) is 4.98 Å². The van der Waals surface area contributed by atoms with Gasteiger partial charge in [0.05, 0.1) is 16.9 Å². The number of nitrogens with one attached hydrogen (secondary N) is 1. The Labute approximate surface area is 145 Å². The van der Waals surface area contributed by atoms with Crippen LogP contribution >= 0.6 is 11.3 Å². The van der Waals surface area contributed by atoms with Crippen molar-refractivity contribution in [3.05, 3.63) is 33.9 Å². The van der Waals surface area contributed by atoms with Gasteiger partial charge < -0.3 is 10.2 Å². The van der Waals surface area contributed by atoms with Crippen molar-refractivity contribution in [3.63, 3.8) is 0 Å². The highest BCUT2D eigenvalue weighted by molar-refractivity contribution is 7.13. The predicted molar refractivity (Wildman–Crippen MR) is 93.4 cm³/mol. The fourth-order valence-electron chi connectivity index (χ4n) is 2.97. The van der Waals surface area contributed by atoms with Crippen molar-refractivity contribution in [1.29, 1.82) is 0 Å². The molecule has 2 aliphatic rings. The van der Waals surface area contributed by atoms with E-state index in [2.05, 4.69) is 20.5 Å². The number of anilines is 1. The summed E-state index contributed by atoms with van der Waals surface area (Å²) in [5.74, 6) is 1.55. The van der Waals surface area contributed by atoms with Crippen molar-refractivity contribution in [2.75, 3.05) is 18.4 Å². The number of carbonyl (C=O) groups is 1. The average Bonchev–Trinajstić information content (AvgIpc) is 3.34. The number of likely N-dealkylation sites (tertiary alicyclic amines) is 1. The van der Waals surface area contributed by atoms with Crippen LogP contribution in [0.2, 0.25) is 0 Å². The van der Waals surface area contributed by atoms with Crippen LogP contribution in [0.1, 0.15) is 52.0 Å². The topological polar surface area (TPSA) is 71.0 Å². The van der Waals surface area contributed by atoms with E-state index in [1.807, 2.05) is 24.0 Å². The maximum absolute atomic E-state index is 12.6. The number of nitrogens with zero attached hydrogens (tertiary/aromatic N) is 4. The highest BCUT2D eigenvalue weighted by atomic mass is 32.1. The summed E-state index contributed by atoms with van der Waals surface area (Å²) in [4.78, 5) is 19.8. The zero-order valence-corrected chi connectivity index (χ0v) is 14.6. The van der Waals surface area contributed by atoms with E-state index < -0.39 is 0 Å². The van der Waals surface area contributed by atoms with Gasteiger partial charge in [0.1, 0.15) is 10.7 Å².